The number of H-pyrrole nitrogens is 1. The van der Waals surface area contributed by atoms with Gasteiger partial charge in [0.25, 0.3) is 0 Å². The minimum absolute atomic E-state index is 0.577. The lowest BCUT2D eigenvalue weighted by Gasteiger charge is -2.06. The van der Waals surface area contributed by atoms with E-state index in [0.717, 1.165) is 39.1 Å². The van der Waals surface area contributed by atoms with E-state index < -0.39 is 0 Å². The summed E-state index contributed by atoms with van der Waals surface area (Å²) in [5.74, 6) is 2.81. The Morgan fingerprint density at radius 1 is 1.15 bits per heavy atom. The van der Waals surface area contributed by atoms with E-state index in [2.05, 4.69) is 19.9 Å². The van der Waals surface area contributed by atoms with Crippen molar-refractivity contribution in [2.75, 3.05) is 6.61 Å². The van der Waals surface area contributed by atoms with Gasteiger partial charge in [-0.3, -0.25) is 0 Å². The van der Waals surface area contributed by atoms with Crippen LogP contribution in [0, 0.1) is 6.92 Å². The molecule has 0 fully saturated rings. The molecule has 0 aliphatic heterocycles. The van der Waals surface area contributed by atoms with Gasteiger partial charge < -0.3 is 14.1 Å². The summed E-state index contributed by atoms with van der Waals surface area (Å²) in [6.07, 6.45) is 1.74. The number of hydrogen-bond donors (Lipinski definition) is 1. The molecule has 0 radical (unpaired) electrons. The van der Waals surface area contributed by atoms with Crippen LogP contribution in [0.25, 0.3) is 22.6 Å². The topological polar surface area (TPSA) is 76.8 Å². The van der Waals surface area contributed by atoms with Crippen molar-refractivity contribution in [3.05, 3.63) is 54.0 Å². The maximum absolute atomic E-state index is 5.89. The second-order valence-electron chi connectivity index (χ2n) is 5.66. The van der Waals surface area contributed by atoms with Crippen molar-refractivity contribution >= 4 is 22.9 Å². The van der Waals surface area contributed by atoms with E-state index in [1.165, 1.54) is 0 Å². The first-order valence-electron chi connectivity index (χ1n) is 8.36. The number of fused-ring (bicyclic) bond motifs is 1. The number of aromatic amines is 1. The van der Waals surface area contributed by atoms with Gasteiger partial charge in [0.2, 0.25) is 5.89 Å². The summed E-state index contributed by atoms with van der Waals surface area (Å²) in [6.45, 7) is 4.48. The second kappa shape index (κ2) is 7.21. The monoisotopic (exact) mass is 366 g/mol. The molecule has 0 aliphatic rings. The molecular weight excluding hydrogens is 348 g/mol. The number of aryl methyl sites for hydroxylation is 1. The van der Waals surface area contributed by atoms with Gasteiger partial charge in [-0.2, -0.15) is 0 Å². The highest BCUT2D eigenvalue weighted by Crippen LogP contribution is 2.32. The number of ether oxygens (including phenoxy) is 1. The second-order valence-corrected chi connectivity index (χ2v) is 6.62. The summed E-state index contributed by atoms with van der Waals surface area (Å²) < 4.78 is 11.6. The van der Waals surface area contributed by atoms with E-state index in [9.17, 15) is 0 Å². The van der Waals surface area contributed by atoms with E-state index in [1.54, 1.807) is 18.0 Å². The smallest absolute Gasteiger partial charge is 0.230 e. The van der Waals surface area contributed by atoms with Gasteiger partial charge in [0.1, 0.15) is 11.5 Å². The van der Waals surface area contributed by atoms with Crippen molar-refractivity contribution in [3.8, 4) is 17.2 Å². The molecular formula is C19H18N4O2S. The van der Waals surface area contributed by atoms with Crippen LogP contribution in [-0.2, 0) is 5.75 Å². The average Bonchev–Trinajstić information content (AvgIpc) is 3.23. The third-order valence-electron chi connectivity index (χ3n) is 3.89. The van der Waals surface area contributed by atoms with Crippen LogP contribution in [0.1, 0.15) is 18.4 Å². The van der Waals surface area contributed by atoms with Crippen LogP contribution >= 0.6 is 11.8 Å². The molecule has 3 heterocycles. The summed E-state index contributed by atoms with van der Waals surface area (Å²) in [5.41, 5.74) is 3.41. The molecule has 26 heavy (non-hydrogen) atoms. The number of aromatic nitrogens is 4. The van der Waals surface area contributed by atoms with Crippen molar-refractivity contribution < 1.29 is 9.15 Å². The largest absolute Gasteiger partial charge is 0.493 e. The van der Waals surface area contributed by atoms with E-state index >= 15 is 0 Å². The molecule has 0 amide bonds. The van der Waals surface area contributed by atoms with Crippen molar-refractivity contribution in [2.45, 2.75) is 24.8 Å². The fourth-order valence-electron chi connectivity index (χ4n) is 2.63. The van der Waals surface area contributed by atoms with Gasteiger partial charge in [-0.1, -0.05) is 23.9 Å². The lowest BCUT2D eigenvalue weighted by Crippen LogP contribution is -1.94. The Balaban J connectivity index is 1.55. The number of para-hydroxylation sites is 1. The summed E-state index contributed by atoms with van der Waals surface area (Å²) >= 11 is 1.58. The number of oxazole rings is 1. The summed E-state index contributed by atoms with van der Waals surface area (Å²) in [5, 5.41) is 0.817. The molecule has 0 atom stereocenters. The molecule has 4 aromatic rings. The first kappa shape index (κ1) is 16.7. The van der Waals surface area contributed by atoms with Crippen LogP contribution in [0.15, 0.2) is 52.2 Å². The highest BCUT2D eigenvalue weighted by molar-refractivity contribution is 7.98. The summed E-state index contributed by atoms with van der Waals surface area (Å²) in [4.78, 5) is 16.6. The lowest BCUT2D eigenvalue weighted by atomic mass is 10.2. The molecule has 4 rings (SSSR count). The van der Waals surface area contributed by atoms with Crippen LogP contribution in [0.3, 0.4) is 0 Å². The number of rotatable bonds is 6. The number of thioether (sulfide) groups is 1. The predicted octanol–water partition coefficient (Wildman–Crippen LogP) is 4.61. The number of pyridine rings is 1. The fourth-order valence-corrected chi connectivity index (χ4v) is 3.50. The van der Waals surface area contributed by atoms with Crippen molar-refractivity contribution in [1.82, 2.24) is 19.9 Å². The zero-order valence-corrected chi connectivity index (χ0v) is 15.3. The SMILES string of the molecule is CCOc1ccccc1-c1nc(CSc2nc3ncccc3[nH]2)c(C)o1. The van der Waals surface area contributed by atoms with Gasteiger partial charge >= 0.3 is 0 Å². The number of nitrogens with zero attached hydrogens (tertiary/aromatic N) is 3. The summed E-state index contributed by atoms with van der Waals surface area (Å²) in [6, 6.07) is 11.6. The minimum atomic E-state index is 0.577. The molecule has 6 nitrogen and oxygen atoms in total. The number of benzene rings is 1. The van der Waals surface area contributed by atoms with Gasteiger partial charge in [-0.25, -0.2) is 15.0 Å². The molecule has 0 saturated carbocycles. The maximum atomic E-state index is 5.89. The quantitative estimate of drug-likeness (QED) is 0.502. The molecule has 7 heteroatoms. The minimum Gasteiger partial charge on any atom is -0.493 e. The van der Waals surface area contributed by atoms with Crippen LogP contribution in [-0.4, -0.2) is 26.5 Å². The van der Waals surface area contributed by atoms with Gasteiger partial charge in [0.15, 0.2) is 10.8 Å². The predicted molar refractivity (Wildman–Crippen MR) is 101 cm³/mol. The third-order valence-corrected chi connectivity index (χ3v) is 4.78. The fraction of sp³-hybridized carbons (Fsp3) is 0.211. The molecule has 0 saturated heterocycles. The average molecular weight is 366 g/mol. The first-order chi connectivity index (χ1) is 12.7. The number of hydrogen-bond acceptors (Lipinski definition) is 6. The van der Waals surface area contributed by atoms with E-state index in [-0.39, 0.29) is 0 Å². The lowest BCUT2D eigenvalue weighted by molar-refractivity contribution is 0.340. The molecule has 1 aromatic carbocycles. The zero-order valence-electron chi connectivity index (χ0n) is 14.5. The standard InChI is InChI=1S/C19H18N4O2S/c1-3-24-16-9-5-4-7-13(16)18-21-15(12(2)25-18)11-26-19-22-14-8-6-10-20-17(14)23-19/h4-10H,3,11H2,1-2H3,(H,20,22,23). The van der Waals surface area contributed by atoms with E-state index in [0.29, 0.717) is 18.3 Å². The number of imidazole rings is 1. The molecule has 1 N–H and O–H groups in total. The highest BCUT2D eigenvalue weighted by Gasteiger charge is 2.16. The third kappa shape index (κ3) is 3.30. The Morgan fingerprint density at radius 2 is 2.04 bits per heavy atom. The number of nitrogens with one attached hydrogen (secondary N) is 1. The Labute approximate surface area is 155 Å². The van der Waals surface area contributed by atoms with Crippen LogP contribution in [0.4, 0.5) is 0 Å². The van der Waals surface area contributed by atoms with Crippen molar-refractivity contribution in [1.29, 1.82) is 0 Å². The van der Waals surface area contributed by atoms with Gasteiger partial charge in [0.05, 0.1) is 23.4 Å². The Hall–Kier alpha value is -2.80. The molecule has 0 bridgehead atoms. The molecule has 0 unspecified atom stereocenters. The molecule has 132 valence electrons. The van der Waals surface area contributed by atoms with Crippen molar-refractivity contribution in [2.24, 2.45) is 0 Å². The van der Waals surface area contributed by atoms with E-state index in [1.807, 2.05) is 50.2 Å². The van der Waals surface area contributed by atoms with Crippen LogP contribution < -0.4 is 4.74 Å². The van der Waals surface area contributed by atoms with Crippen LogP contribution in [0.5, 0.6) is 5.75 Å². The summed E-state index contributed by atoms with van der Waals surface area (Å²) in [7, 11) is 0. The maximum Gasteiger partial charge on any atom is 0.230 e. The van der Waals surface area contributed by atoms with Crippen LogP contribution in [0.2, 0.25) is 0 Å². The molecule has 0 spiro atoms. The molecule has 3 aromatic heterocycles. The Morgan fingerprint density at radius 3 is 2.88 bits per heavy atom. The van der Waals surface area contributed by atoms with E-state index in [4.69, 9.17) is 9.15 Å². The first-order valence-corrected chi connectivity index (χ1v) is 9.35. The zero-order chi connectivity index (χ0) is 17.9. The van der Waals surface area contributed by atoms with Gasteiger partial charge in [0, 0.05) is 11.9 Å². The van der Waals surface area contributed by atoms with Gasteiger partial charge in [-0.05, 0) is 38.1 Å². The highest BCUT2D eigenvalue weighted by atomic mass is 32.2. The normalized spacial score (nSPS) is 11.2. The van der Waals surface area contributed by atoms with Gasteiger partial charge in [-0.15, -0.1) is 0 Å². The molecule has 0 aliphatic carbocycles. The Bertz CT molecular complexity index is 1010. The van der Waals surface area contributed by atoms with Crippen molar-refractivity contribution in [3.63, 3.8) is 0 Å². The Kier molecular flexibility index (Phi) is 4.62.